The van der Waals surface area contributed by atoms with Gasteiger partial charge < -0.3 is 4.74 Å². The maximum Gasteiger partial charge on any atom is 0.344 e. The van der Waals surface area contributed by atoms with Crippen LogP contribution in [-0.4, -0.2) is 34.7 Å². The molecule has 3 aromatic carbocycles. The van der Waals surface area contributed by atoms with Crippen LogP contribution in [0.1, 0.15) is 44.7 Å². The Kier molecular flexibility index (Phi) is 8.07. The summed E-state index contributed by atoms with van der Waals surface area (Å²) in [4.78, 5) is 14.2. The number of hydrogen-bond donors (Lipinski definition) is 1. The molecule has 0 unspecified atom stereocenters. The molecule has 0 amide bonds. The van der Waals surface area contributed by atoms with Crippen molar-refractivity contribution in [1.29, 1.82) is 0 Å². The summed E-state index contributed by atoms with van der Waals surface area (Å²) < 4.78 is 62.7. The van der Waals surface area contributed by atoms with Crippen molar-refractivity contribution in [2.75, 3.05) is 5.75 Å². The fourth-order valence-electron chi connectivity index (χ4n) is 6.80. The van der Waals surface area contributed by atoms with Crippen LogP contribution in [0.2, 0.25) is 0 Å². The average molecular weight is 606 g/mol. The molecular formula is C33H35NO6S2. The first-order chi connectivity index (χ1) is 19.9. The smallest absolute Gasteiger partial charge is 0.344 e. The van der Waals surface area contributed by atoms with E-state index in [1.54, 1.807) is 78.9 Å². The predicted molar refractivity (Wildman–Crippen MR) is 161 cm³/mol. The number of nitrogens with one attached hydrogen (secondary N) is 1. The van der Waals surface area contributed by atoms with Gasteiger partial charge in [0.15, 0.2) is 9.84 Å². The Bertz CT molecular complexity index is 1710. The highest BCUT2D eigenvalue weighted by molar-refractivity contribution is 7.91. The number of esters is 1. The molecule has 2 aliphatic carbocycles. The number of rotatable bonds is 10. The van der Waals surface area contributed by atoms with Crippen molar-refractivity contribution in [2.45, 2.75) is 55.0 Å². The lowest BCUT2D eigenvalue weighted by atomic mass is 9.69. The Hall–Kier alpha value is -3.49. The predicted octanol–water partition coefficient (Wildman–Crippen LogP) is 5.63. The van der Waals surface area contributed by atoms with Gasteiger partial charge in [-0.3, -0.25) is 0 Å². The Morgan fingerprint density at radius 3 is 2.02 bits per heavy atom. The quantitative estimate of drug-likeness (QED) is 0.182. The number of sulfone groups is 1. The largest absolute Gasteiger partial charge is 0.458 e. The van der Waals surface area contributed by atoms with Crippen LogP contribution in [0, 0.1) is 16.7 Å². The molecule has 220 valence electrons. The molecule has 9 heteroatoms. The molecule has 2 aliphatic rings. The van der Waals surface area contributed by atoms with Crippen molar-refractivity contribution in [3.63, 3.8) is 0 Å². The molecule has 0 aromatic heterocycles. The molecule has 0 aliphatic heterocycles. The van der Waals surface area contributed by atoms with Crippen LogP contribution in [-0.2, 0) is 29.4 Å². The molecule has 5 rings (SSSR count). The second-order valence-electron chi connectivity index (χ2n) is 11.7. The molecule has 42 heavy (non-hydrogen) atoms. The van der Waals surface area contributed by atoms with Gasteiger partial charge in [-0.05, 0) is 60.4 Å². The minimum absolute atomic E-state index is 0.0441. The number of ether oxygens (including phenoxy) is 1. The van der Waals surface area contributed by atoms with Crippen LogP contribution >= 0.6 is 0 Å². The first-order valence-corrected chi connectivity index (χ1v) is 17.1. The fourth-order valence-corrected chi connectivity index (χ4v) is 10.1. The molecule has 1 N–H and O–H groups in total. The molecule has 0 spiro atoms. The second-order valence-corrected chi connectivity index (χ2v) is 15.4. The average Bonchev–Trinajstić information content (AvgIpc) is 3.33. The van der Waals surface area contributed by atoms with Crippen molar-refractivity contribution < 1.29 is 26.4 Å². The van der Waals surface area contributed by atoms with Gasteiger partial charge in [0.05, 0.1) is 21.6 Å². The van der Waals surface area contributed by atoms with E-state index in [2.05, 4.69) is 30.9 Å². The molecule has 3 aromatic rings. The maximum absolute atomic E-state index is 13.9. The highest BCUT2D eigenvalue weighted by Gasteiger charge is 2.67. The summed E-state index contributed by atoms with van der Waals surface area (Å²) in [7, 11) is -7.73. The highest BCUT2D eigenvalue weighted by atomic mass is 32.2. The molecule has 7 nitrogen and oxygen atoms in total. The van der Waals surface area contributed by atoms with Gasteiger partial charge >= 0.3 is 5.97 Å². The van der Waals surface area contributed by atoms with Gasteiger partial charge in [-0.25, -0.2) is 21.6 Å². The molecule has 2 fully saturated rings. The molecule has 4 atom stereocenters. The molecule has 2 bridgehead atoms. The van der Waals surface area contributed by atoms with Gasteiger partial charge in [0.1, 0.15) is 11.7 Å². The lowest BCUT2D eigenvalue weighted by Crippen LogP contribution is -2.46. The number of sulfonamides is 1. The summed E-state index contributed by atoms with van der Waals surface area (Å²) in [5.41, 5.74) is 1.86. The molecule has 0 heterocycles. The zero-order chi connectivity index (χ0) is 30.2. The lowest BCUT2D eigenvalue weighted by Gasteiger charge is -2.41. The van der Waals surface area contributed by atoms with Crippen molar-refractivity contribution in [1.82, 2.24) is 4.72 Å². The second kappa shape index (κ2) is 11.3. The van der Waals surface area contributed by atoms with Crippen LogP contribution in [0.25, 0.3) is 0 Å². The van der Waals surface area contributed by atoms with Gasteiger partial charge in [-0.2, -0.15) is 4.72 Å². The van der Waals surface area contributed by atoms with Crippen molar-refractivity contribution in [3.8, 4) is 0 Å². The van der Waals surface area contributed by atoms with E-state index in [-0.39, 0.29) is 27.0 Å². The van der Waals surface area contributed by atoms with E-state index in [1.807, 2.05) is 0 Å². The van der Waals surface area contributed by atoms with E-state index in [1.165, 1.54) is 12.1 Å². The summed E-state index contributed by atoms with van der Waals surface area (Å²) >= 11 is 0. The SMILES string of the molecule is C=C=C(C(=O)O[C@H]1C[C@@H]2CC[C@@]1(CS(=O)(=O)c1ccccc1)C2(C)C)[C@@H](NS(=O)(=O)c1ccccc1)c1ccccc1. The number of fused-ring (bicyclic) bond motifs is 2. The summed E-state index contributed by atoms with van der Waals surface area (Å²) in [5.74, 6) is -0.750. The van der Waals surface area contributed by atoms with E-state index >= 15 is 0 Å². The Balaban J connectivity index is 1.47. The Morgan fingerprint density at radius 2 is 1.48 bits per heavy atom. The molecule has 0 saturated heterocycles. The van der Waals surface area contributed by atoms with Crippen LogP contribution in [0.15, 0.2) is 119 Å². The number of benzene rings is 3. The van der Waals surface area contributed by atoms with Gasteiger partial charge in [0.25, 0.3) is 0 Å². The van der Waals surface area contributed by atoms with E-state index in [4.69, 9.17) is 4.74 Å². The summed E-state index contributed by atoms with van der Waals surface area (Å²) in [5, 5.41) is 0. The van der Waals surface area contributed by atoms with Gasteiger partial charge in [0.2, 0.25) is 10.0 Å². The summed E-state index contributed by atoms with van der Waals surface area (Å²) in [6.45, 7) is 7.82. The van der Waals surface area contributed by atoms with Gasteiger partial charge in [-0.15, -0.1) is 5.73 Å². The number of carbonyl (C=O) groups is 1. The Labute approximate surface area is 248 Å². The van der Waals surface area contributed by atoms with Crippen LogP contribution < -0.4 is 4.72 Å². The molecule has 2 saturated carbocycles. The summed E-state index contributed by atoms with van der Waals surface area (Å²) in [6.07, 6.45) is 1.30. The Morgan fingerprint density at radius 1 is 0.929 bits per heavy atom. The third-order valence-electron chi connectivity index (χ3n) is 9.32. The normalized spacial score (nSPS) is 23.6. The zero-order valence-corrected chi connectivity index (χ0v) is 25.3. The van der Waals surface area contributed by atoms with Crippen LogP contribution in [0.5, 0.6) is 0 Å². The first-order valence-electron chi connectivity index (χ1n) is 13.9. The van der Waals surface area contributed by atoms with E-state index in [0.29, 0.717) is 18.4 Å². The summed E-state index contributed by atoms with van der Waals surface area (Å²) in [6, 6.07) is 23.8. The number of carbonyl (C=O) groups excluding carboxylic acids is 1. The van der Waals surface area contributed by atoms with E-state index in [9.17, 15) is 21.6 Å². The third kappa shape index (κ3) is 5.38. The lowest BCUT2D eigenvalue weighted by molar-refractivity contribution is -0.152. The van der Waals surface area contributed by atoms with Gasteiger partial charge in [0, 0.05) is 5.41 Å². The minimum atomic E-state index is -4.04. The monoisotopic (exact) mass is 605 g/mol. The van der Waals surface area contributed by atoms with Crippen LogP contribution in [0.4, 0.5) is 0 Å². The standard InChI is InChI=1S/C33H35NO6S2/c1-4-28(30(24-14-8-5-9-15-24)34-42(38,39)27-18-12-7-13-19-27)31(35)40-29-22-25-20-21-33(29,32(25,2)3)23-41(36,37)26-16-10-6-11-17-26/h5-19,25,29-30,34H,1,20-23H2,2-3H3/t25-,29-,30-,33-/m0/s1. The van der Waals surface area contributed by atoms with Crippen molar-refractivity contribution >= 4 is 25.8 Å². The van der Waals surface area contributed by atoms with Crippen molar-refractivity contribution in [2.24, 2.45) is 16.7 Å². The van der Waals surface area contributed by atoms with Crippen LogP contribution in [0.3, 0.4) is 0 Å². The first kappa shape index (κ1) is 30.0. The minimum Gasteiger partial charge on any atom is -0.458 e. The number of hydrogen-bond acceptors (Lipinski definition) is 6. The fraction of sp³-hybridized carbons (Fsp3) is 0.333. The maximum atomic E-state index is 13.9. The molecule has 0 radical (unpaired) electrons. The zero-order valence-electron chi connectivity index (χ0n) is 23.7. The molecular weight excluding hydrogens is 570 g/mol. The van der Waals surface area contributed by atoms with Crippen molar-refractivity contribution in [3.05, 3.63) is 114 Å². The third-order valence-corrected chi connectivity index (χ3v) is 12.6. The van der Waals surface area contributed by atoms with Gasteiger partial charge in [-0.1, -0.05) is 87.2 Å². The highest BCUT2D eigenvalue weighted by Crippen LogP contribution is 2.67. The van der Waals surface area contributed by atoms with E-state index < -0.39 is 48.8 Å². The van der Waals surface area contributed by atoms with E-state index in [0.717, 1.165) is 6.42 Å². The topological polar surface area (TPSA) is 107 Å².